The summed E-state index contributed by atoms with van der Waals surface area (Å²) in [5.74, 6) is 0. The first kappa shape index (κ1) is 15.4. The first-order valence-corrected chi connectivity index (χ1v) is 7.62. The van der Waals surface area contributed by atoms with Gasteiger partial charge >= 0.3 is 0 Å². The van der Waals surface area contributed by atoms with E-state index in [1.54, 1.807) is 0 Å². The molecule has 102 valence electrons. The third-order valence-electron chi connectivity index (χ3n) is 3.36. The van der Waals surface area contributed by atoms with Crippen molar-refractivity contribution in [3.8, 4) is 0 Å². The number of hydrogen-bond acceptors (Lipinski definition) is 1. The van der Waals surface area contributed by atoms with Gasteiger partial charge in [0, 0.05) is 17.3 Å². The Hall–Kier alpha value is -0.690. The van der Waals surface area contributed by atoms with Crippen molar-refractivity contribution >= 4 is 17.3 Å². The summed E-state index contributed by atoms with van der Waals surface area (Å²) in [6.45, 7) is 5.38. The second-order valence-corrected chi connectivity index (χ2v) is 5.37. The summed E-state index contributed by atoms with van der Waals surface area (Å²) in [6.07, 6.45) is 9.46. The summed E-state index contributed by atoms with van der Waals surface area (Å²) >= 11 is 6.08. The molecule has 0 aliphatic carbocycles. The molecule has 0 radical (unpaired) electrons. The summed E-state index contributed by atoms with van der Waals surface area (Å²) in [5.41, 5.74) is 2.33. The average molecular weight is 268 g/mol. The second kappa shape index (κ2) is 9.27. The lowest BCUT2D eigenvalue weighted by Crippen LogP contribution is -2.03. The van der Waals surface area contributed by atoms with Gasteiger partial charge < -0.3 is 5.32 Å². The van der Waals surface area contributed by atoms with Crippen LogP contribution in [0.4, 0.5) is 5.69 Å². The van der Waals surface area contributed by atoms with Gasteiger partial charge in [0.05, 0.1) is 0 Å². The molecule has 0 saturated carbocycles. The van der Waals surface area contributed by atoms with Crippen molar-refractivity contribution in [2.24, 2.45) is 0 Å². The van der Waals surface area contributed by atoms with Crippen molar-refractivity contribution in [3.63, 3.8) is 0 Å². The fourth-order valence-electron chi connectivity index (χ4n) is 2.10. The summed E-state index contributed by atoms with van der Waals surface area (Å²) in [5, 5.41) is 4.32. The van der Waals surface area contributed by atoms with Gasteiger partial charge in [-0.1, -0.05) is 63.1 Å². The highest BCUT2D eigenvalue weighted by Gasteiger charge is 2.00. The number of nitrogens with one attached hydrogen (secondary N) is 1. The molecule has 0 heterocycles. The number of anilines is 1. The predicted molar refractivity (Wildman–Crippen MR) is 82.7 cm³/mol. The van der Waals surface area contributed by atoms with E-state index in [-0.39, 0.29) is 0 Å². The third-order valence-corrected chi connectivity index (χ3v) is 3.77. The Morgan fingerprint density at radius 2 is 1.67 bits per heavy atom. The van der Waals surface area contributed by atoms with E-state index < -0.39 is 0 Å². The van der Waals surface area contributed by atoms with Crippen LogP contribution >= 0.6 is 11.6 Å². The van der Waals surface area contributed by atoms with Gasteiger partial charge in [-0.25, -0.2) is 0 Å². The Morgan fingerprint density at radius 1 is 1.00 bits per heavy atom. The minimum atomic E-state index is 0.847. The Bertz CT molecular complexity index is 336. The molecule has 0 atom stereocenters. The molecular weight excluding hydrogens is 242 g/mol. The standard InChI is InChI=1S/C16H26ClN/c1-3-4-5-6-7-8-9-13-18-16-12-10-11-15(17)14(16)2/h10-12,18H,3-9,13H2,1-2H3. The minimum absolute atomic E-state index is 0.847. The molecule has 18 heavy (non-hydrogen) atoms. The molecule has 0 aliphatic rings. The van der Waals surface area contributed by atoms with Crippen LogP contribution < -0.4 is 5.32 Å². The number of hydrogen-bond donors (Lipinski definition) is 1. The summed E-state index contributed by atoms with van der Waals surface area (Å²) in [4.78, 5) is 0. The molecular formula is C16H26ClN. The van der Waals surface area contributed by atoms with Crippen molar-refractivity contribution < 1.29 is 0 Å². The summed E-state index contributed by atoms with van der Waals surface area (Å²) in [7, 11) is 0. The van der Waals surface area contributed by atoms with E-state index in [4.69, 9.17) is 11.6 Å². The normalized spacial score (nSPS) is 10.6. The van der Waals surface area contributed by atoms with E-state index in [1.807, 2.05) is 12.1 Å². The van der Waals surface area contributed by atoms with Gasteiger partial charge in [-0.15, -0.1) is 0 Å². The lowest BCUT2D eigenvalue weighted by atomic mass is 10.1. The highest BCUT2D eigenvalue weighted by Crippen LogP contribution is 2.22. The zero-order valence-electron chi connectivity index (χ0n) is 11.8. The van der Waals surface area contributed by atoms with Crippen LogP contribution in [0.2, 0.25) is 5.02 Å². The van der Waals surface area contributed by atoms with Crippen molar-refractivity contribution in [1.29, 1.82) is 0 Å². The highest BCUT2D eigenvalue weighted by molar-refractivity contribution is 6.31. The van der Waals surface area contributed by atoms with Gasteiger partial charge in [0.2, 0.25) is 0 Å². The monoisotopic (exact) mass is 267 g/mol. The number of unbranched alkanes of at least 4 members (excludes halogenated alkanes) is 6. The third kappa shape index (κ3) is 5.77. The number of benzene rings is 1. The molecule has 0 saturated heterocycles. The SMILES string of the molecule is CCCCCCCCCNc1cccc(Cl)c1C. The molecule has 0 spiro atoms. The van der Waals surface area contributed by atoms with Crippen LogP contribution in [0.25, 0.3) is 0 Å². The van der Waals surface area contributed by atoms with Crippen LogP contribution in [0.5, 0.6) is 0 Å². The lowest BCUT2D eigenvalue weighted by Gasteiger charge is -2.10. The maximum Gasteiger partial charge on any atom is 0.0455 e. The fraction of sp³-hybridized carbons (Fsp3) is 0.625. The maximum absolute atomic E-state index is 6.08. The zero-order valence-corrected chi connectivity index (χ0v) is 12.5. The van der Waals surface area contributed by atoms with Crippen LogP contribution in [0.3, 0.4) is 0 Å². The van der Waals surface area contributed by atoms with Crippen molar-refractivity contribution in [3.05, 3.63) is 28.8 Å². The van der Waals surface area contributed by atoms with Crippen molar-refractivity contribution in [1.82, 2.24) is 0 Å². The van der Waals surface area contributed by atoms with Crippen molar-refractivity contribution in [2.45, 2.75) is 58.8 Å². The molecule has 0 fully saturated rings. The first-order chi connectivity index (χ1) is 8.75. The van der Waals surface area contributed by atoms with E-state index in [1.165, 1.54) is 50.6 Å². The maximum atomic E-state index is 6.08. The molecule has 0 aliphatic heterocycles. The van der Waals surface area contributed by atoms with Crippen LogP contribution in [0.15, 0.2) is 18.2 Å². The van der Waals surface area contributed by atoms with Crippen molar-refractivity contribution in [2.75, 3.05) is 11.9 Å². The van der Waals surface area contributed by atoms with Gasteiger partial charge in [-0.3, -0.25) is 0 Å². The molecule has 1 aromatic carbocycles. The highest BCUT2D eigenvalue weighted by atomic mass is 35.5. The molecule has 1 nitrogen and oxygen atoms in total. The van der Waals surface area contributed by atoms with E-state index in [2.05, 4.69) is 25.2 Å². The van der Waals surface area contributed by atoms with Gasteiger partial charge in [0.15, 0.2) is 0 Å². The minimum Gasteiger partial charge on any atom is -0.385 e. The van der Waals surface area contributed by atoms with Gasteiger partial charge in [-0.05, 0) is 31.0 Å². The van der Waals surface area contributed by atoms with Crippen LogP contribution in [-0.2, 0) is 0 Å². The van der Waals surface area contributed by atoms with E-state index >= 15 is 0 Å². The molecule has 1 N–H and O–H groups in total. The van der Waals surface area contributed by atoms with E-state index in [0.717, 1.165) is 17.1 Å². The molecule has 0 amide bonds. The topological polar surface area (TPSA) is 12.0 Å². The Kier molecular flexibility index (Phi) is 7.91. The molecule has 0 bridgehead atoms. The molecule has 2 heteroatoms. The van der Waals surface area contributed by atoms with Gasteiger partial charge in [0.1, 0.15) is 0 Å². The summed E-state index contributed by atoms with van der Waals surface area (Å²) in [6, 6.07) is 6.04. The van der Waals surface area contributed by atoms with E-state index in [9.17, 15) is 0 Å². The zero-order chi connectivity index (χ0) is 13.2. The summed E-state index contributed by atoms with van der Waals surface area (Å²) < 4.78 is 0. The molecule has 1 aromatic rings. The van der Waals surface area contributed by atoms with Crippen LogP contribution in [-0.4, -0.2) is 6.54 Å². The Labute approximate surface area is 117 Å². The average Bonchev–Trinajstić information content (AvgIpc) is 2.37. The quantitative estimate of drug-likeness (QED) is 0.557. The molecule has 1 rings (SSSR count). The van der Waals surface area contributed by atoms with Crippen LogP contribution in [0, 0.1) is 6.92 Å². The van der Waals surface area contributed by atoms with Gasteiger partial charge in [0.25, 0.3) is 0 Å². The van der Waals surface area contributed by atoms with Crippen LogP contribution in [0.1, 0.15) is 57.4 Å². The molecule has 0 unspecified atom stereocenters. The van der Waals surface area contributed by atoms with E-state index in [0.29, 0.717) is 0 Å². The second-order valence-electron chi connectivity index (χ2n) is 4.96. The van der Waals surface area contributed by atoms with Gasteiger partial charge in [-0.2, -0.15) is 0 Å². The predicted octanol–water partition coefficient (Wildman–Crippen LogP) is 5.81. The number of rotatable bonds is 9. The lowest BCUT2D eigenvalue weighted by molar-refractivity contribution is 0.596. The first-order valence-electron chi connectivity index (χ1n) is 7.24. The number of halogens is 1. The smallest absolute Gasteiger partial charge is 0.0455 e. The fourth-order valence-corrected chi connectivity index (χ4v) is 2.28. The largest absolute Gasteiger partial charge is 0.385 e. The Morgan fingerprint density at radius 3 is 2.39 bits per heavy atom. The Balaban J connectivity index is 2.09. The molecule has 0 aromatic heterocycles.